The number of halogens is 3. The molecule has 36 heavy (non-hydrogen) atoms. The molecule has 0 unspecified atom stereocenters. The summed E-state index contributed by atoms with van der Waals surface area (Å²) in [6.07, 6.45) is -3.14. The molecule has 0 aliphatic rings. The van der Waals surface area contributed by atoms with Crippen molar-refractivity contribution in [3.05, 3.63) is 83.2 Å². The van der Waals surface area contributed by atoms with Crippen molar-refractivity contribution in [1.82, 2.24) is 4.98 Å². The van der Waals surface area contributed by atoms with Gasteiger partial charge in [-0.05, 0) is 67.6 Å². The van der Waals surface area contributed by atoms with Crippen LogP contribution in [-0.4, -0.2) is 18.2 Å². The molecule has 1 heterocycles. The lowest BCUT2D eigenvalue weighted by Crippen LogP contribution is -2.04. The zero-order chi connectivity index (χ0) is 24.8. The molecule has 0 saturated carbocycles. The number of benzene rings is 3. The molecule has 0 spiro atoms. The van der Waals surface area contributed by atoms with Crippen LogP contribution in [0.3, 0.4) is 0 Å². The van der Waals surface area contributed by atoms with Crippen molar-refractivity contribution in [3.8, 4) is 17.2 Å². The van der Waals surface area contributed by atoms with Gasteiger partial charge in [-0.25, -0.2) is 4.98 Å². The third kappa shape index (κ3) is 6.93. The van der Waals surface area contributed by atoms with Gasteiger partial charge in [-0.1, -0.05) is 37.8 Å². The number of oxazole rings is 1. The Hall–Kier alpha value is -3.68. The molecule has 0 bridgehead atoms. The van der Waals surface area contributed by atoms with Crippen molar-refractivity contribution in [2.45, 2.75) is 46.9 Å². The molecule has 4 aromatic rings. The van der Waals surface area contributed by atoms with Gasteiger partial charge in [0.05, 0.1) is 13.2 Å². The molecule has 0 N–H and O–H groups in total. The zero-order valence-electron chi connectivity index (χ0n) is 19.5. The van der Waals surface area contributed by atoms with Crippen LogP contribution in [0.2, 0.25) is 0 Å². The number of aromatic nitrogens is 1. The molecule has 0 fully saturated rings. The summed E-state index contributed by atoms with van der Waals surface area (Å²) in [5.74, 6) is 0.814. The number of ether oxygens (including phenoxy) is 3. The third-order valence-corrected chi connectivity index (χ3v) is 5.34. The normalized spacial score (nSPS) is 11.2. The van der Waals surface area contributed by atoms with Gasteiger partial charge in [0.2, 0.25) is 0 Å². The number of nitrogens with zero attached hydrogens (tertiary/aromatic N) is 1. The summed E-state index contributed by atoms with van der Waals surface area (Å²) in [6.45, 7) is 5.41. The zero-order valence-corrected chi connectivity index (χ0v) is 19.5. The quantitative estimate of drug-likeness (QED) is 0.207. The molecular weight excluding hydrogens is 471 g/mol. The van der Waals surface area contributed by atoms with E-state index < -0.39 is 12.1 Å². The number of hydrogen-bond acceptors (Lipinski definition) is 5. The molecule has 4 rings (SSSR count). The summed E-state index contributed by atoms with van der Waals surface area (Å²) in [7, 11) is 0. The Bertz CT molecular complexity index is 1250. The van der Waals surface area contributed by atoms with E-state index in [0.29, 0.717) is 25.6 Å². The second-order valence-electron chi connectivity index (χ2n) is 8.21. The largest absolute Gasteiger partial charge is 0.493 e. The molecule has 3 aromatic carbocycles. The third-order valence-electron chi connectivity index (χ3n) is 5.34. The molecule has 192 valence electrons. The lowest BCUT2D eigenvalue weighted by Gasteiger charge is -2.15. The Labute approximate surface area is 208 Å². The van der Waals surface area contributed by atoms with E-state index in [1.165, 1.54) is 12.1 Å². The molecule has 0 atom stereocenters. The van der Waals surface area contributed by atoms with Crippen LogP contribution in [0, 0.1) is 13.8 Å². The fourth-order valence-corrected chi connectivity index (χ4v) is 3.65. The standard InChI is InChI=1S/C27H26F3NO4.CH4/c1-18-14-22(34-17-20-8-4-3-5-9-20)15-19(2)25(18)33-13-7-6-12-32-21-10-11-23-24(16-21)35-26(31-23)27(28,29)30;/h3-5,8-11,14-16H,6-7,12-13,17H2,1-2H3;1H4. The number of fused-ring (bicyclic) bond motifs is 1. The molecule has 0 aliphatic heterocycles. The fourth-order valence-electron chi connectivity index (χ4n) is 3.65. The van der Waals surface area contributed by atoms with E-state index >= 15 is 0 Å². The molecule has 1 aromatic heterocycles. The average Bonchev–Trinajstić information content (AvgIpc) is 3.26. The first kappa shape index (κ1) is 26.9. The number of hydrogen-bond donors (Lipinski definition) is 0. The molecule has 0 radical (unpaired) electrons. The molecule has 0 aliphatic carbocycles. The second-order valence-corrected chi connectivity index (χ2v) is 8.21. The summed E-state index contributed by atoms with van der Waals surface area (Å²) >= 11 is 0. The van der Waals surface area contributed by atoms with Crippen LogP contribution in [0.4, 0.5) is 13.2 Å². The van der Waals surface area contributed by atoms with Crippen molar-refractivity contribution in [2.75, 3.05) is 13.2 Å². The predicted molar refractivity (Wildman–Crippen MR) is 133 cm³/mol. The van der Waals surface area contributed by atoms with Gasteiger partial charge in [0, 0.05) is 6.07 Å². The summed E-state index contributed by atoms with van der Waals surface area (Å²) < 4.78 is 60.5. The van der Waals surface area contributed by atoms with Crippen LogP contribution < -0.4 is 14.2 Å². The summed E-state index contributed by atoms with van der Waals surface area (Å²) in [5.41, 5.74) is 3.29. The Morgan fingerprint density at radius 2 is 1.47 bits per heavy atom. The van der Waals surface area contributed by atoms with Crippen LogP contribution in [0.1, 0.15) is 42.8 Å². The van der Waals surface area contributed by atoms with Crippen LogP contribution in [0.25, 0.3) is 11.1 Å². The van der Waals surface area contributed by atoms with E-state index in [-0.39, 0.29) is 18.5 Å². The minimum atomic E-state index is -4.62. The molecule has 5 nitrogen and oxygen atoms in total. The highest BCUT2D eigenvalue weighted by molar-refractivity contribution is 5.74. The summed E-state index contributed by atoms with van der Waals surface area (Å²) in [6, 6.07) is 18.4. The maximum Gasteiger partial charge on any atom is 0.468 e. The van der Waals surface area contributed by atoms with E-state index in [2.05, 4.69) is 4.98 Å². The number of aryl methyl sites for hydroxylation is 2. The van der Waals surface area contributed by atoms with Crippen LogP contribution in [0.15, 0.2) is 65.1 Å². The van der Waals surface area contributed by atoms with E-state index in [4.69, 9.17) is 18.6 Å². The lowest BCUT2D eigenvalue weighted by atomic mass is 10.1. The Morgan fingerprint density at radius 3 is 2.14 bits per heavy atom. The van der Waals surface area contributed by atoms with Gasteiger partial charge >= 0.3 is 12.1 Å². The highest BCUT2D eigenvalue weighted by Crippen LogP contribution is 2.32. The first-order chi connectivity index (χ1) is 16.8. The Balaban J connectivity index is 0.00000361. The van der Waals surface area contributed by atoms with Crippen LogP contribution in [-0.2, 0) is 12.8 Å². The van der Waals surface area contributed by atoms with E-state index in [1.54, 1.807) is 6.07 Å². The maximum absolute atomic E-state index is 12.7. The van der Waals surface area contributed by atoms with Gasteiger partial charge < -0.3 is 18.6 Å². The SMILES string of the molecule is C.Cc1cc(OCc2ccccc2)cc(C)c1OCCCCOc1ccc2nc(C(F)(F)F)oc2c1. The first-order valence-corrected chi connectivity index (χ1v) is 11.3. The molecule has 0 amide bonds. The van der Waals surface area contributed by atoms with Crippen molar-refractivity contribution < 1.29 is 31.8 Å². The van der Waals surface area contributed by atoms with Gasteiger partial charge in [-0.2, -0.15) is 13.2 Å². The van der Waals surface area contributed by atoms with E-state index in [0.717, 1.165) is 41.0 Å². The molecule has 8 heteroatoms. The molecule has 0 saturated heterocycles. The number of unbranched alkanes of at least 4 members (excludes halogenated alkanes) is 1. The van der Waals surface area contributed by atoms with Gasteiger partial charge in [0.15, 0.2) is 5.58 Å². The minimum absolute atomic E-state index is 0. The molecular formula is C28H30F3NO4. The van der Waals surface area contributed by atoms with Gasteiger partial charge in [-0.3, -0.25) is 0 Å². The van der Waals surface area contributed by atoms with Crippen molar-refractivity contribution in [3.63, 3.8) is 0 Å². The van der Waals surface area contributed by atoms with Gasteiger partial charge in [0.25, 0.3) is 0 Å². The fraction of sp³-hybridized carbons (Fsp3) is 0.321. The van der Waals surface area contributed by atoms with Crippen molar-refractivity contribution in [2.24, 2.45) is 0 Å². The van der Waals surface area contributed by atoms with Crippen LogP contribution in [0.5, 0.6) is 17.2 Å². The highest BCUT2D eigenvalue weighted by atomic mass is 19.4. The van der Waals surface area contributed by atoms with Gasteiger partial charge in [-0.15, -0.1) is 0 Å². The summed E-state index contributed by atoms with van der Waals surface area (Å²) in [4.78, 5) is 3.45. The number of alkyl halides is 3. The van der Waals surface area contributed by atoms with Crippen molar-refractivity contribution in [1.29, 1.82) is 0 Å². The minimum Gasteiger partial charge on any atom is -0.493 e. The van der Waals surface area contributed by atoms with Crippen molar-refractivity contribution >= 4 is 11.1 Å². The van der Waals surface area contributed by atoms with Crippen LogP contribution >= 0.6 is 0 Å². The topological polar surface area (TPSA) is 53.7 Å². The smallest absolute Gasteiger partial charge is 0.468 e. The maximum atomic E-state index is 12.7. The van der Waals surface area contributed by atoms with E-state index in [1.807, 2.05) is 56.3 Å². The van der Waals surface area contributed by atoms with E-state index in [9.17, 15) is 13.2 Å². The predicted octanol–water partition coefficient (Wildman–Crippen LogP) is 7.92. The average molecular weight is 502 g/mol. The summed E-state index contributed by atoms with van der Waals surface area (Å²) in [5, 5.41) is 0. The first-order valence-electron chi connectivity index (χ1n) is 11.3. The highest BCUT2D eigenvalue weighted by Gasteiger charge is 2.37. The Morgan fingerprint density at radius 1 is 0.806 bits per heavy atom. The monoisotopic (exact) mass is 501 g/mol. The lowest BCUT2D eigenvalue weighted by molar-refractivity contribution is -0.156. The Kier molecular flexibility index (Phi) is 8.85. The van der Waals surface area contributed by atoms with Gasteiger partial charge in [0.1, 0.15) is 29.4 Å². The second kappa shape index (κ2) is 11.8. The number of rotatable bonds is 10.